The zero-order valence-corrected chi connectivity index (χ0v) is 5.57. The van der Waals surface area contributed by atoms with Gasteiger partial charge in [0.15, 0.2) is 0 Å². The van der Waals surface area contributed by atoms with Crippen LogP contribution in [0.3, 0.4) is 0 Å². The number of rotatable bonds is 1. The van der Waals surface area contributed by atoms with Crippen LogP contribution in [-0.4, -0.2) is 22.2 Å². The van der Waals surface area contributed by atoms with Crippen molar-refractivity contribution in [1.82, 2.24) is 4.98 Å². The van der Waals surface area contributed by atoms with Gasteiger partial charge in [-0.1, -0.05) is 6.07 Å². The summed E-state index contributed by atoms with van der Waals surface area (Å²) in [6, 6.07) is 0.923. The summed E-state index contributed by atoms with van der Waals surface area (Å²) in [6.07, 6.45) is 0.903. The first-order valence-corrected chi connectivity index (χ1v) is 2.90. The third-order valence-electron chi connectivity index (χ3n) is 1.20. The van der Waals surface area contributed by atoms with Crippen LogP contribution in [0.1, 0.15) is 19.5 Å². The molecule has 0 amide bonds. The van der Waals surface area contributed by atoms with Crippen molar-refractivity contribution in [2.24, 2.45) is 0 Å². The molecule has 58 valence electrons. The second kappa shape index (κ2) is 3.03. The molecular weight excluding hydrogens is 141 g/mol. The van der Waals surface area contributed by atoms with Crippen molar-refractivity contribution in [2.45, 2.75) is 13.7 Å². The van der Waals surface area contributed by atoms with Gasteiger partial charge in [-0.05, 0) is 19.3 Å². The van der Waals surface area contributed by atoms with Crippen LogP contribution in [0.4, 0.5) is 0 Å². The monoisotopic (exact) mass is 157 g/mol. The number of pyridine rings is 1. The van der Waals surface area contributed by atoms with E-state index in [0.717, 1.165) is 12.3 Å². The van der Waals surface area contributed by atoms with Crippen LogP contribution in [0.2, 0.25) is 0 Å². The minimum atomic E-state index is -2.63. The molecule has 0 aliphatic carbocycles. The number of hydrogen-bond donors (Lipinski definition) is 2. The normalized spacial score (nSPS) is 20.2. The Bertz CT molecular complexity index is 416. The lowest BCUT2D eigenvalue weighted by atomic mass is 9.79. The predicted octanol–water partition coefficient (Wildman–Crippen LogP) is -0.622. The Labute approximate surface area is 74.3 Å². The van der Waals surface area contributed by atoms with Crippen molar-refractivity contribution in [1.29, 1.82) is 0 Å². The average Bonchev–Trinajstić information content (AvgIpc) is 2.14. The fourth-order valence-electron chi connectivity index (χ4n) is 0.679. The highest BCUT2D eigenvalue weighted by atomic mass is 16.4. The molecule has 0 saturated carbocycles. The van der Waals surface area contributed by atoms with E-state index in [1.54, 1.807) is 0 Å². The maximum atomic E-state index is 9.04. The van der Waals surface area contributed by atoms with Crippen molar-refractivity contribution in [2.75, 3.05) is 0 Å². The highest BCUT2D eigenvalue weighted by molar-refractivity contribution is 6.59. The van der Waals surface area contributed by atoms with E-state index in [0.29, 0.717) is 0 Å². The van der Waals surface area contributed by atoms with Gasteiger partial charge >= 0.3 is 7.12 Å². The SMILES string of the molecule is [2H]C([2H])([2H])c1cnc(C([2H])([2H])[2H])c(B(O)O)c1. The van der Waals surface area contributed by atoms with Gasteiger partial charge in [-0.3, -0.25) is 4.98 Å². The molecule has 3 nitrogen and oxygen atoms in total. The topological polar surface area (TPSA) is 53.4 Å². The van der Waals surface area contributed by atoms with E-state index in [1.807, 2.05) is 0 Å². The molecule has 1 aromatic heterocycles. The standard InChI is InChI=1S/C7H10BNO2/c1-5-3-7(8(10)11)6(2)9-4-5/h3-4,10-11H,1-2H3/i1D3,2D3. The first-order chi connectivity index (χ1) is 7.53. The molecule has 0 aliphatic heterocycles. The Morgan fingerprint density at radius 1 is 1.55 bits per heavy atom. The van der Waals surface area contributed by atoms with E-state index in [-0.39, 0.29) is 5.56 Å². The predicted molar refractivity (Wildman–Crippen MR) is 43.5 cm³/mol. The van der Waals surface area contributed by atoms with Gasteiger partial charge in [0.1, 0.15) is 0 Å². The Balaban J connectivity index is 3.38. The molecule has 1 aromatic rings. The van der Waals surface area contributed by atoms with Crippen LogP contribution in [0.15, 0.2) is 12.3 Å². The molecule has 2 N–H and O–H groups in total. The Hall–Kier alpha value is -0.865. The van der Waals surface area contributed by atoms with Crippen LogP contribution in [0, 0.1) is 13.7 Å². The number of nitrogens with zero attached hydrogens (tertiary/aromatic N) is 1. The first kappa shape index (κ1) is 3.25. The molecule has 11 heavy (non-hydrogen) atoms. The quantitative estimate of drug-likeness (QED) is 0.534. The molecule has 0 bridgehead atoms. The fourth-order valence-corrected chi connectivity index (χ4v) is 0.679. The zero-order valence-electron chi connectivity index (χ0n) is 11.6. The van der Waals surface area contributed by atoms with Crippen molar-refractivity contribution in [3.8, 4) is 0 Å². The van der Waals surface area contributed by atoms with Crippen molar-refractivity contribution >= 4 is 12.6 Å². The van der Waals surface area contributed by atoms with Crippen LogP contribution in [0.25, 0.3) is 0 Å². The molecule has 0 radical (unpaired) electrons. The molecule has 0 aliphatic rings. The minimum absolute atomic E-state index is 0.242. The van der Waals surface area contributed by atoms with Gasteiger partial charge in [0.05, 0.1) is 0 Å². The maximum absolute atomic E-state index is 9.04. The largest absolute Gasteiger partial charge is 0.490 e. The van der Waals surface area contributed by atoms with Gasteiger partial charge in [0, 0.05) is 25.6 Å². The van der Waals surface area contributed by atoms with Gasteiger partial charge < -0.3 is 10.0 Å². The molecule has 0 spiro atoms. The number of aryl methyl sites for hydroxylation is 2. The summed E-state index contributed by atoms with van der Waals surface area (Å²) < 4.78 is 42.8. The molecule has 0 aromatic carbocycles. The third-order valence-corrected chi connectivity index (χ3v) is 1.20. The molecular formula is C7H10BNO2. The minimum Gasteiger partial charge on any atom is -0.423 e. The molecule has 4 heteroatoms. The Morgan fingerprint density at radius 2 is 2.36 bits per heavy atom. The van der Waals surface area contributed by atoms with E-state index < -0.39 is 32.0 Å². The van der Waals surface area contributed by atoms with Crippen LogP contribution < -0.4 is 5.46 Å². The van der Waals surface area contributed by atoms with E-state index in [9.17, 15) is 0 Å². The number of hydrogen-bond acceptors (Lipinski definition) is 3. The second-order valence-corrected chi connectivity index (χ2v) is 2.04. The van der Waals surface area contributed by atoms with E-state index >= 15 is 0 Å². The lowest BCUT2D eigenvalue weighted by Gasteiger charge is -2.03. The molecule has 1 heterocycles. The molecule has 1 rings (SSSR count). The Morgan fingerprint density at radius 3 is 2.91 bits per heavy atom. The van der Waals surface area contributed by atoms with Crippen LogP contribution in [-0.2, 0) is 0 Å². The fraction of sp³-hybridized carbons (Fsp3) is 0.286. The first-order valence-electron chi connectivity index (χ1n) is 5.90. The summed E-state index contributed by atoms with van der Waals surface area (Å²) in [5.41, 5.74) is -1.17. The maximum Gasteiger partial charge on any atom is 0.490 e. The summed E-state index contributed by atoms with van der Waals surface area (Å²) in [7, 11) is -2.08. The summed E-state index contributed by atoms with van der Waals surface area (Å²) >= 11 is 0. The van der Waals surface area contributed by atoms with Gasteiger partial charge in [-0.2, -0.15) is 0 Å². The summed E-state index contributed by atoms with van der Waals surface area (Å²) in [6.45, 7) is -5.11. The van der Waals surface area contributed by atoms with Crippen molar-refractivity contribution in [3.63, 3.8) is 0 Å². The molecule has 0 unspecified atom stereocenters. The second-order valence-electron chi connectivity index (χ2n) is 2.04. The highest BCUT2D eigenvalue weighted by Gasteiger charge is 2.14. The van der Waals surface area contributed by atoms with Gasteiger partial charge in [0.2, 0.25) is 0 Å². The van der Waals surface area contributed by atoms with Gasteiger partial charge in [0.25, 0.3) is 0 Å². The third kappa shape index (κ3) is 1.79. The number of aromatic nitrogens is 1. The average molecular weight is 157 g/mol. The summed E-state index contributed by atoms with van der Waals surface area (Å²) in [4.78, 5) is 3.50. The molecule has 0 saturated heterocycles. The summed E-state index contributed by atoms with van der Waals surface area (Å²) in [5, 5.41) is 18.1. The van der Waals surface area contributed by atoms with Crippen LogP contribution >= 0.6 is 0 Å². The van der Waals surface area contributed by atoms with Crippen molar-refractivity contribution < 1.29 is 18.3 Å². The smallest absolute Gasteiger partial charge is 0.423 e. The van der Waals surface area contributed by atoms with Gasteiger partial charge in [-0.25, -0.2) is 0 Å². The molecule has 0 fully saturated rings. The van der Waals surface area contributed by atoms with Crippen molar-refractivity contribution in [3.05, 3.63) is 23.5 Å². The van der Waals surface area contributed by atoms with Gasteiger partial charge in [-0.15, -0.1) is 0 Å². The lowest BCUT2D eigenvalue weighted by Crippen LogP contribution is -2.32. The molecule has 0 atom stereocenters. The summed E-state index contributed by atoms with van der Waals surface area (Å²) in [5.74, 6) is 0. The van der Waals surface area contributed by atoms with E-state index in [4.69, 9.17) is 18.3 Å². The van der Waals surface area contributed by atoms with E-state index in [1.165, 1.54) is 0 Å². The van der Waals surface area contributed by atoms with E-state index in [2.05, 4.69) is 4.98 Å². The highest BCUT2D eigenvalue weighted by Crippen LogP contribution is 1.94. The Kier molecular flexibility index (Phi) is 0.894. The lowest BCUT2D eigenvalue weighted by molar-refractivity contribution is 0.425. The zero-order chi connectivity index (χ0) is 13.4. The van der Waals surface area contributed by atoms with Crippen LogP contribution in [0.5, 0.6) is 0 Å².